The third-order valence-electron chi connectivity index (χ3n) is 3.01. The Bertz CT molecular complexity index is 750. The number of thioether (sulfide) groups is 1. The van der Waals surface area contributed by atoms with E-state index in [4.69, 9.17) is 0 Å². The number of rotatable bonds is 4. The van der Waals surface area contributed by atoms with Crippen molar-refractivity contribution >= 4 is 29.0 Å². The molecule has 2 aromatic rings. The Morgan fingerprint density at radius 3 is 2.64 bits per heavy atom. The fourth-order valence-corrected chi connectivity index (χ4v) is 2.45. The van der Waals surface area contributed by atoms with Gasteiger partial charge in [0, 0.05) is 11.6 Å². The number of carbonyl (C=O) groups is 1. The van der Waals surface area contributed by atoms with Crippen LogP contribution in [-0.4, -0.2) is 17.1 Å². The highest BCUT2D eigenvalue weighted by Crippen LogP contribution is 2.28. The van der Waals surface area contributed by atoms with Crippen molar-refractivity contribution < 1.29 is 14.1 Å². The predicted octanol–water partition coefficient (Wildman–Crippen LogP) is 4.02. The molecule has 0 fully saturated rings. The van der Waals surface area contributed by atoms with Gasteiger partial charge < -0.3 is 5.32 Å². The summed E-state index contributed by atoms with van der Waals surface area (Å²) in [5.74, 6) is -1.16. The molecule has 7 heteroatoms. The van der Waals surface area contributed by atoms with Gasteiger partial charge in [-0.25, -0.2) is 4.39 Å². The molecule has 0 aliphatic rings. The van der Waals surface area contributed by atoms with Gasteiger partial charge in [-0.05, 0) is 43.0 Å². The van der Waals surface area contributed by atoms with E-state index >= 15 is 0 Å². The first-order valence-corrected chi connectivity index (χ1v) is 7.55. The fraction of sp³-hybridized carbons (Fsp3) is 0.133. The van der Waals surface area contributed by atoms with Gasteiger partial charge in [0.2, 0.25) is 0 Å². The van der Waals surface area contributed by atoms with E-state index in [0.29, 0.717) is 4.90 Å². The van der Waals surface area contributed by atoms with E-state index < -0.39 is 16.6 Å². The average molecular weight is 320 g/mol. The van der Waals surface area contributed by atoms with Crippen molar-refractivity contribution in [3.8, 4) is 0 Å². The third-order valence-corrected chi connectivity index (χ3v) is 3.79. The number of anilines is 1. The number of nitro benzene ring substituents is 1. The second-order valence-electron chi connectivity index (χ2n) is 4.58. The molecule has 5 nitrogen and oxygen atoms in total. The van der Waals surface area contributed by atoms with Crippen molar-refractivity contribution in [1.29, 1.82) is 0 Å². The maximum Gasteiger partial charge on any atom is 0.283 e. The maximum absolute atomic E-state index is 13.6. The topological polar surface area (TPSA) is 72.2 Å². The molecule has 0 radical (unpaired) electrons. The Balaban J connectivity index is 2.32. The molecule has 0 atom stereocenters. The number of amides is 1. The molecular weight excluding hydrogens is 307 g/mol. The van der Waals surface area contributed by atoms with E-state index in [2.05, 4.69) is 5.32 Å². The average Bonchev–Trinajstić information content (AvgIpc) is 2.50. The number of nitrogens with zero attached hydrogens (tertiary/aromatic N) is 1. The summed E-state index contributed by atoms with van der Waals surface area (Å²) in [4.78, 5) is 23.1. The van der Waals surface area contributed by atoms with Gasteiger partial charge in [-0.15, -0.1) is 11.8 Å². The molecular formula is C15H13FN2O3S. The van der Waals surface area contributed by atoms with Gasteiger partial charge in [0.25, 0.3) is 11.6 Å². The first kappa shape index (κ1) is 16.0. The minimum Gasteiger partial charge on any atom is -0.319 e. The van der Waals surface area contributed by atoms with E-state index in [1.54, 1.807) is 19.2 Å². The molecule has 22 heavy (non-hydrogen) atoms. The Kier molecular flexibility index (Phi) is 4.77. The molecule has 2 aromatic carbocycles. The second-order valence-corrected chi connectivity index (χ2v) is 5.43. The van der Waals surface area contributed by atoms with Crippen LogP contribution in [0.25, 0.3) is 0 Å². The van der Waals surface area contributed by atoms with Crippen LogP contribution in [0.2, 0.25) is 0 Å². The van der Waals surface area contributed by atoms with Gasteiger partial charge in [-0.1, -0.05) is 6.07 Å². The van der Waals surface area contributed by atoms with Crippen molar-refractivity contribution in [2.45, 2.75) is 11.8 Å². The van der Waals surface area contributed by atoms with Crippen LogP contribution in [-0.2, 0) is 0 Å². The molecule has 2 rings (SSSR count). The molecule has 0 saturated heterocycles. The Labute approximate surface area is 130 Å². The lowest BCUT2D eigenvalue weighted by atomic mass is 10.1. The molecule has 0 unspecified atom stereocenters. The Morgan fingerprint density at radius 1 is 1.27 bits per heavy atom. The maximum atomic E-state index is 13.6. The minimum atomic E-state index is -0.597. The van der Waals surface area contributed by atoms with Crippen molar-refractivity contribution in [1.82, 2.24) is 0 Å². The Hall–Kier alpha value is -2.41. The number of aryl methyl sites for hydroxylation is 1. The lowest BCUT2D eigenvalue weighted by molar-refractivity contribution is -0.387. The number of hydrogen-bond acceptors (Lipinski definition) is 4. The van der Waals surface area contributed by atoms with Crippen LogP contribution >= 0.6 is 11.8 Å². The molecule has 1 amide bonds. The zero-order valence-corrected chi connectivity index (χ0v) is 12.7. The summed E-state index contributed by atoms with van der Waals surface area (Å²) in [6.45, 7) is 1.77. The number of hydrogen-bond donors (Lipinski definition) is 1. The number of halogens is 1. The van der Waals surface area contributed by atoms with Gasteiger partial charge >= 0.3 is 0 Å². The van der Waals surface area contributed by atoms with Gasteiger partial charge in [0.1, 0.15) is 5.82 Å². The summed E-state index contributed by atoms with van der Waals surface area (Å²) in [6.07, 6.45) is 1.71. The first-order chi connectivity index (χ1) is 10.4. The number of carbonyl (C=O) groups excluding carboxylic acids is 1. The summed E-state index contributed by atoms with van der Waals surface area (Å²) >= 11 is 1.22. The smallest absolute Gasteiger partial charge is 0.283 e. The lowest BCUT2D eigenvalue weighted by Gasteiger charge is -2.08. The molecule has 0 aromatic heterocycles. The highest BCUT2D eigenvalue weighted by atomic mass is 32.2. The van der Waals surface area contributed by atoms with Crippen LogP contribution in [0.1, 0.15) is 15.9 Å². The van der Waals surface area contributed by atoms with Gasteiger partial charge in [-0.3, -0.25) is 14.9 Å². The molecule has 0 heterocycles. The molecule has 0 saturated carbocycles. The van der Waals surface area contributed by atoms with E-state index in [1.165, 1.54) is 42.1 Å². The van der Waals surface area contributed by atoms with E-state index in [9.17, 15) is 19.3 Å². The SMILES string of the molecule is CSc1ccc(C(=O)Nc2cc(C)ccc2F)cc1[N+](=O)[O-]. The Morgan fingerprint density at radius 2 is 2.00 bits per heavy atom. The molecule has 1 N–H and O–H groups in total. The molecule has 0 aliphatic heterocycles. The first-order valence-electron chi connectivity index (χ1n) is 6.32. The van der Waals surface area contributed by atoms with Crippen LogP contribution < -0.4 is 5.32 Å². The summed E-state index contributed by atoms with van der Waals surface area (Å²) in [5.41, 5.74) is 0.789. The van der Waals surface area contributed by atoms with E-state index in [1.807, 2.05) is 0 Å². The predicted molar refractivity (Wildman–Crippen MR) is 84.0 cm³/mol. The van der Waals surface area contributed by atoms with Gasteiger partial charge in [0.15, 0.2) is 0 Å². The number of nitro groups is 1. The molecule has 0 spiro atoms. The van der Waals surface area contributed by atoms with Crippen LogP contribution in [0.4, 0.5) is 15.8 Å². The third kappa shape index (κ3) is 3.43. The van der Waals surface area contributed by atoms with Gasteiger partial charge in [-0.2, -0.15) is 0 Å². The standard InChI is InChI=1S/C15H13FN2O3S/c1-9-3-5-11(16)12(7-9)17-15(19)10-4-6-14(22-2)13(8-10)18(20)21/h3-8H,1-2H3,(H,17,19). The molecule has 114 valence electrons. The molecule has 0 bridgehead atoms. The van der Waals surface area contributed by atoms with E-state index in [0.717, 1.165) is 5.56 Å². The van der Waals surface area contributed by atoms with Crippen molar-refractivity contribution in [3.63, 3.8) is 0 Å². The number of nitrogens with one attached hydrogen (secondary N) is 1. The second kappa shape index (κ2) is 6.57. The molecule has 0 aliphatic carbocycles. The van der Waals surface area contributed by atoms with Crippen LogP contribution in [0.15, 0.2) is 41.3 Å². The van der Waals surface area contributed by atoms with Gasteiger partial charge in [0.05, 0.1) is 15.5 Å². The highest BCUT2D eigenvalue weighted by molar-refractivity contribution is 7.98. The van der Waals surface area contributed by atoms with Crippen LogP contribution in [0, 0.1) is 22.9 Å². The fourth-order valence-electron chi connectivity index (χ4n) is 1.90. The summed E-state index contributed by atoms with van der Waals surface area (Å²) in [5, 5.41) is 13.4. The minimum absolute atomic E-state index is 0.0431. The van der Waals surface area contributed by atoms with Crippen LogP contribution in [0.5, 0.6) is 0 Å². The van der Waals surface area contributed by atoms with Crippen LogP contribution in [0.3, 0.4) is 0 Å². The monoisotopic (exact) mass is 320 g/mol. The van der Waals surface area contributed by atoms with E-state index in [-0.39, 0.29) is 16.9 Å². The summed E-state index contributed by atoms with van der Waals surface area (Å²) in [7, 11) is 0. The van der Waals surface area contributed by atoms with Crippen molar-refractivity contribution in [2.75, 3.05) is 11.6 Å². The quantitative estimate of drug-likeness (QED) is 0.525. The zero-order valence-electron chi connectivity index (χ0n) is 11.9. The van der Waals surface area contributed by atoms with Crippen molar-refractivity contribution in [2.24, 2.45) is 0 Å². The highest BCUT2D eigenvalue weighted by Gasteiger charge is 2.17. The summed E-state index contributed by atoms with van der Waals surface area (Å²) < 4.78 is 13.6. The zero-order chi connectivity index (χ0) is 16.3. The normalized spacial score (nSPS) is 10.3. The largest absolute Gasteiger partial charge is 0.319 e. The van der Waals surface area contributed by atoms with Crippen molar-refractivity contribution in [3.05, 3.63) is 63.5 Å². The summed E-state index contributed by atoms with van der Waals surface area (Å²) in [6, 6.07) is 8.51. The lowest BCUT2D eigenvalue weighted by Crippen LogP contribution is -2.13. The number of benzene rings is 2.